The Morgan fingerprint density at radius 3 is 2.62 bits per heavy atom. The van der Waals surface area contributed by atoms with Gasteiger partial charge in [-0.1, -0.05) is 6.07 Å². The predicted molar refractivity (Wildman–Crippen MR) is 72.7 cm³/mol. The first-order chi connectivity index (χ1) is 10.0. The van der Waals surface area contributed by atoms with E-state index in [-0.39, 0.29) is 23.7 Å². The average molecular weight is 289 g/mol. The van der Waals surface area contributed by atoms with E-state index in [9.17, 15) is 13.9 Å². The lowest BCUT2D eigenvalue weighted by atomic mass is 10.0. The highest BCUT2D eigenvalue weighted by Gasteiger charge is 2.13. The van der Waals surface area contributed by atoms with Crippen molar-refractivity contribution < 1.29 is 18.6 Å². The largest absolute Gasteiger partial charge is 0.487 e. The van der Waals surface area contributed by atoms with E-state index in [1.165, 1.54) is 30.3 Å². The summed E-state index contributed by atoms with van der Waals surface area (Å²) in [6, 6.07) is 9.65. The zero-order valence-electron chi connectivity index (χ0n) is 11.3. The van der Waals surface area contributed by atoms with Gasteiger partial charge in [0.2, 0.25) is 0 Å². The lowest BCUT2D eigenvalue weighted by Crippen LogP contribution is -2.11. The highest BCUT2D eigenvalue weighted by Crippen LogP contribution is 2.22. The Morgan fingerprint density at radius 2 is 2.00 bits per heavy atom. The van der Waals surface area contributed by atoms with Gasteiger partial charge in [-0.05, 0) is 48.4 Å². The van der Waals surface area contributed by atoms with Crippen molar-refractivity contribution in [3.63, 3.8) is 0 Å². The molecule has 108 valence electrons. The monoisotopic (exact) mass is 289 g/mol. The van der Waals surface area contributed by atoms with E-state index in [1.54, 1.807) is 6.92 Å². The molecule has 2 aromatic rings. The first-order valence-corrected chi connectivity index (χ1v) is 6.28. The van der Waals surface area contributed by atoms with Gasteiger partial charge in [0, 0.05) is 0 Å². The number of benzene rings is 2. The third-order valence-electron chi connectivity index (χ3n) is 3.05. The zero-order valence-corrected chi connectivity index (χ0v) is 11.3. The van der Waals surface area contributed by atoms with Crippen LogP contribution < -0.4 is 4.74 Å². The van der Waals surface area contributed by atoms with E-state index in [4.69, 9.17) is 10.00 Å². The second kappa shape index (κ2) is 6.33. The molecule has 0 aliphatic rings. The molecule has 0 saturated carbocycles. The van der Waals surface area contributed by atoms with Gasteiger partial charge in [-0.2, -0.15) is 5.26 Å². The number of ether oxygens (including phenoxy) is 1. The third-order valence-corrected chi connectivity index (χ3v) is 3.05. The van der Waals surface area contributed by atoms with E-state index < -0.39 is 11.9 Å². The smallest absolute Gasteiger partial charge is 0.166 e. The van der Waals surface area contributed by atoms with Crippen LogP contribution in [0.3, 0.4) is 0 Å². The highest BCUT2D eigenvalue weighted by atomic mass is 19.1. The van der Waals surface area contributed by atoms with Crippen molar-refractivity contribution in [1.29, 1.82) is 5.26 Å². The lowest BCUT2D eigenvalue weighted by molar-refractivity contribution is 0.105. The van der Waals surface area contributed by atoms with Gasteiger partial charge < -0.3 is 9.84 Å². The summed E-state index contributed by atoms with van der Waals surface area (Å²) < 4.78 is 31.8. The van der Waals surface area contributed by atoms with Gasteiger partial charge >= 0.3 is 0 Å². The maximum atomic E-state index is 13.6. The van der Waals surface area contributed by atoms with Crippen molar-refractivity contribution in [2.75, 3.05) is 6.61 Å². The van der Waals surface area contributed by atoms with Gasteiger partial charge in [-0.3, -0.25) is 0 Å². The van der Waals surface area contributed by atoms with Gasteiger partial charge in [0.05, 0.1) is 11.6 Å². The Morgan fingerprint density at radius 1 is 1.24 bits per heavy atom. The number of rotatable bonds is 4. The molecule has 1 N–H and O–H groups in total. The fourth-order valence-electron chi connectivity index (χ4n) is 1.96. The summed E-state index contributed by atoms with van der Waals surface area (Å²) in [4.78, 5) is 0. The molecule has 0 saturated heterocycles. The highest BCUT2D eigenvalue weighted by molar-refractivity contribution is 5.36. The minimum Gasteiger partial charge on any atom is -0.487 e. The topological polar surface area (TPSA) is 53.2 Å². The maximum Gasteiger partial charge on any atom is 0.166 e. The van der Waals surface area contributed by atoms with Crippen molar-refractivity contribution >= 4 is 0 Å². The molecule has 3 nitrogen and oxygen atoms in total. The number of nitrogens with zero attached hydrogens (tertiary/aromatic N) is 1. The van der Waals surface area contributed by atoms with Gasteiger partial charge in [0.25, 0.3) is 0 Å². The van der Waals surface area contributed by atoms with Crippen LogP contribution in [0.1, 0.15) is 22.8 Å². The van der Waals surface area contributed by atoms with Gasteiger partial charge in [0.1, 0.15) is 18.5 Å². The van der Waals surface area contributed by atoms with Gasteiger partial charge in [-0.25, -0.2) is 8.78 Å². The number of aliphatic hydroxyl groups is 1. The molecule has 2 aromatic carbocycles. The normalized spacial score (nSPS) is 11.8. The van der Waals surface area contributed by atoms with Crippen molar-refractivity contribution in [2.24, 2.45) is 0 Å². The van der Waals surface area contributed by atoms with E-state index in [1.807, 2.05) is 6.07 Å². The van der Waals surface area contributed by atoms with Crippen LogP contribution in [-0.4, -0.2) is 11.7 Å². The number of aryl methyl sites for hydroxylation is 1. The van der Waals surface area contributed by atoms with Gasteiger partial charge in [-0.15, -0.1) is 0 Å². The number of hydrogen-bond acceptors (Lipinski definition) is 3. The van der Waals surface area contributed by atoms with E-state index in [2.05, 4.69) is 0 Å². The van der Waals surface area contributed by atoms with Crippen LogP contribution in [-0.2, 0) is 0 Å². The summed E-state index contributed by atoms with van der Waals surface area (Å²) in [5.41, 5.74) is 1.30. The van der Waals surface area contributed by atoms with E-state index in [0.29, 0.717) is 11.1 Å². The Balaban J connectivity index is 2.07. The van der Waals surface area contributed by atoms with Crippen LogP contribution in [0.25, 0.3) is 0 Å². The van der Waals surface area contributed by atoms with E-state index in [0.717, 1.165) is 6.07 Å². The first kappa shape index (κ1) is 14.9. The summed E-state index contributed by atoms with van der Waals surface area (Å²) in [5.74, 6) is -1.10. The standard InChI is InChI=1S/C16H13F2NO2/c1-10-6-12(17)3-4-13(10)15(20)9-21-16-5-2-11(8-19)7-14(16)18/h2-7,15,20H,9H2,1H3. The lowest BCUT2D eigenvalue weighted by Gasteiger charge is -2.15. The molecule has 0 amide bonds. The Kier molecular flexibility index (Phi) is 4.51. The number of aliphatic hydroxyl groups excluding tert-OH is 1. The van der Waals surface area contributed by atoms with Crippen LogP contribution in [0.15, 0.2) is 36.4 Å². The van der Waals surface area contributed by atoms with Crippen molar-refractivity contribution in [2.45, 2.75) is 13.0 Å². The van der Waals surface area contributed by atoms with Crippen LogP contribution in [0, 0.1) is 29.9 Å². The molecular formula is C16H13F2NO2. The minimum absolute atomic E-state index is 0.0483. The number of hydrogen-bond donors (Lipinski definition) is 1. The molecule has 0 heterocycles. The average Bonchev–Trinajstić information content (AvgIpc) is 2.45. The fraction of sp³-hybridized carbons (Fsp3) is 0.188. The molecule has 1 atom stereocenters. The summed E-state index contributed by atoms with van der Waals surface area (Å²) in [6.45, 7) is 1.50. The predicted octanol–water partition coefficient (Wildman–Crippen LogP) is 3.26. The summed E-state index contributed by atoms with van der Waals surface area (Å²) >= 11 is 0. The van der Waals surface area contributed by atoms with Crippen LogP contribution in [0.4, 0.5) is 8.78 Å². The van der Waals surface area contributed by atoms with Crippen LogP contribution in [0.2, 0.25) is 0 Å². The molecule has 2 rings (SSSR count). The molecular weight excluding hydrogens is 276 g/mol. The molecule has 1 unspecified atom stereocenters. The third kappa shape index (κ3) is 3.56. The molecule has 0 bridgehead atoms. The second-order valence-corrected chi connectivity index (χ2v) is 4.58. The Labute approximate surface area is 121 Å². The van der Waals surface area contributed by atoms with Crippen molar-refractivity contribution in [3.05, 3.63) is 64.7 Å². The van der Waals surface area contributed by atoms with Gasteiger partial charge in [0.15, 0.2) is 11.6 Å². The fourth-order valence-corrected chi connectivity index (χ4v) is 1.96. The summed E-state index contributed by atoms with van der Waals surface area (Å²) in [7, 11) is 0. The van der Waals surface area contributed by atoms with Crippen molar-refractivity contribution in [3.8, 4) is 11.8 Å². The van der Waals surface area contributed by atoms with Crippen molar-refractivity contribution in [1.82, 2.24) is 0 Å². The number of nitriles is 1. The molecule has 0 aromatic heterocycles. The molecule has 0 radical (unpaired) electrons. The Bertz CT molecular complexity index is 695. The summed E-state index contributed by atoms with van der Waals surface area (Å²) in [6.07, 6.45) is -0.999. The zero-order chi connectivity index (χ0) is 15.4. The second-order valence-electron chi connectivity index (χ2n) is 4.58. The maximum absolute atomic E-state index is 13.6. The molecule has 21 heavy (non-hydrogen) atoms. The summed E-state index contributed by atoms with van der Waals surface area (Å²) in [5, 5.41) is 18.7. The molecule has 0 aliphatic carbocycles. The molecule has 5 heteroatoms. The molecule has 0 fully saturated rings. The first-order valence-electron chi connectivity index (χ1n) is 6.28. The van der Waals surface area contributed by atoms with Crippen LogP contribution in [0.5, 0.6) is 5.75 Å². The SMILES string of the molecule is Cc1cc(F)ccc1C(O)COc1ccc(C#N)cc1F. The molecule has 0 aliphatic heterocycles. The van der Waals surface area contributed by atoms with E-state index >= 15 is 0 Å². The minimum atomic E-state index is -0.999. The number of halogens is 2. The Hall–Kier alpha value is -2.45. The van der Waals surface area contributed by atoms with Crippen LogP contribution >= 0.6 is 0 Å². The quantitative estimate of drug-likeness (QED) is 0.940. The molecule has 0 spiro atoms.